The molecule has 0 radical (unpaired) electrons. The summed E-state index contributed by atoms with van der Waals surface area (Å²) in [5.74, 6) is -2.47. The van der Waals surface area contributed by atoms with Gasteiger partial charge in [-0.1, -0.05) is 13.3 Å². The van der Waals surface area contributed by atoms with Crippen molar-refractivity contribution in [3.8, 4) is 5.75 Å². The van der Waals surface area contributed by atoms with Gasteiger partial charge in [0.25, 0.3) is 11.8 Å². The van der Waals surface area contributed by atoms with Crippen molar-refractivity contribution in [2.45, 2.75) is 51.1 Å². The first-order valence-corrected chi connectivity index (χ1v) is 9.65. The Kier molecular flexibility index (Phi) is 5.16. The van der Waals surface area contributed by atoms with Crippen LogP contribution in [0.25, 0.3) is 0 Å². The molecule has 2 atom stereocenters. The molecule has 0 saturated carbocycles. The van der Waals surface area contributed by atoms with Gasteiger partial charge >= 0.3 is 0 Å². The van der Waals surface area contributed by atoms with Crippen LogP contribution >= 0.6 is 0 Å². The predicted molar refractivity (Wildman–Crippen MR) is 98.6 cm³/mol. The van der Waals surface area contributed by atoms with Gasteiger partial charge in [0.2, 0.25) is 5.82 Å². The molecule has 4 rings (SSSR count). The number of amides is 2. The number of aromatic nitrogens is 3. The first-order valence-electron chi connectivity index (χ1n) is 9.65. The van der Waals surface area contributed by atoms with Gasteiger partial charge in [0.1, 0.15) is 35.7 Å². The summed E-state index contributed by atoms with van der Waals surface area (Å²) in [5, 5.41) is 9.19. The summed E-state index contributed by atoms with van der Waals surface area (Å²) in [6.07, 6.45) is 4.68. The molecule has 2 amide bonds. The maximum absolute atomic E-state index is 13.9. The largest absolute Gasteiger partial charge is 0.488 e. The normalized spacial score (nSPS) is 20.7. The van der Waals surface area contributed by atoms with Crippen molar-refractivity contribution in [1.29, 1.82) is 0 Å². The Hall–Kier alpha value is -3.04. The van der Waals surface area contributed by atoms with Crippen molar-refractivity contribution < 1.29 is 23.1 Å². The molecule has 2 N–H and O–H groups in total. The molecule has 2 aliphatic rings. The Morgan fingerprint density at radius 3 is 3.03 bits per heavy atom. The number of halogens is 2. The second-order valence-electron chi connectivity index (χ2n) is 7.22. The van der Waals surface area contributed by atoms with Crippen molar-refractivity contribution in [3.63, 3.8) is 0 Å². The number of hydrogen-bond donors (Lipinski definition) is 2. The first kappa shape index (κ1) is 19.3. The third kappa shape index (κ3) is 3.79. The number of aryl methyl sites for hydroxylation is 1. The Morgan fingerprint density at radius 1 is 1.41 bits per heavy atom. The molecule has 0 spiro atoms. The van der Waals surface area contributed by atoms with Gasteiger partial charge in [0.15, 0.2) is 5.82 Å². The highest BCUT2D eigenvalue weighted by Gasteiger charge is 2.31. The molecule has 0 fully saturated rings. The predicted octanol–water partition coefficient (Wildman–Crippen LogP) is 2.36. The second kappa shape index (κ2) is 7.76. The lowest BCUT2D eigenvalue weighted by Crippen LogP contribution is -2.46. The number of anilines is 1. The van der Waals surface area contributed by atoms with Gasteiger partial charge in [0.05, 0.1) is 6.04 Å². The average molecular weight is 405 g/mol. The molecule has 3 heterocycles. The van der Waals surface area contributed by atoms with Crippen LogP contribution in [-0.2, 0) is 11.2 Å². The number of carbonyl (C=O) groups is 2. The standard InChI is InChI=1S/C19H21F2N5O3/c1-2-4-11-5-3-6-15-23-17(25-26(11)15)19(28)22-13-9-29-14-8-10(20)7-12(21)16(14)24-18(13)27/h7-8,11,13H,2-6,9H2,1H3,(H,22,28)(H,24,27)/t11-,13+/m1/s1. The molecule has 154 valence electrons. The van der Waals surface area contributed by atoms with Gasteiger partial charge in [-0.25, -0.2) is 18.4 Å². The van der Waals surface area contributed by atoms with E-state index in [9.17, 15) is 18.4 Å². The molecule has 29 heavy (non-hydrogen) atoms. The zero-order chi connectivity index (χ0) is 20.5. The second-order valence-corrected chi connectivity index (χ2v) is 7.22. The summed E-state index contributed by atoms with van der Waals surface area (Å²) in [6.45, 7) is 1.82. The smallest absolute Gasteiger partial charge is 0.291 e. The van der Waals surface area contributed by atoms with E-state index in [1.165, 1.54) is 0 Å². The molecular formula is C19H21F2N5O3. The van der Waals surface area contributed by atoms with Crippen LogP contribution in [0.15, 0.2) is 12.1 Å². The molecular weight excluding hydrogens is 384 g/mol. The minimum Gasteiger partial charge on any atom is -0.488 e. The Bertz CT molecular complexity index is 962. The maximum Gasteiger partial charge on any atom is 0.291 e. The van der Waals surface area contributed by atoms with Crippen LogP contribution in [0.5, 0.6) is 5.75 Å². The van der Waals surface area contributed by atoms with Crippen LogP contribution in [0.2, 0.25) is 0 Å². The lowest BCUT2D eigenvalue weighted by Gasteiger charge is -2.22. The number of benzene rings is 1. The van der Waals surface area contributed by atoms with E-state index < -0.39 is 29.5 Å². The molecule has 0 saturated heterocycles. The van der Waals surface area contributed by atoms with Crippen molar-refractivity contribution in [2.75, 3.05) is 11.9 Å². The minimum absolute atomic E-state index is 0.0187. The van der Waals surface area contributed by atoms with Crippen LogP contribution in [0.1, 0.15) is 55.1 Å². The molecule has 1 aromatic carbocycles. The van der Waals surface area contributed by atoms with E-state index in [4.69, 9.17) is 4.74 Å². The van der Waals surface area contributed by atoms with E-state index in [1.54, 1.807) is 4.68 Å². The lowest BCUT2D eigenvalue weighted by molar-refractivity contribution is -0.118. The summed E-state index contributed by atoms with van der Waals surface area (Å²) in [5.41, 5.74) is -0.258. The zero-order valence-corrected chi connectivity index (χ0v) is 15.9. The summed E-state index contributed by atoms with van der Waals surface area (Å²) < 4.78 is 34.5. The molecule has 0 unspecified atom stereocenters. The van der Waals surface area contributed by atoms with Crippen molar-refractivity contribution in [2.24, 2.45) is 0 Å². The Labute approximate surface area is 165 Å². The molecule has 8 nitrogen and oxygen atoms in total. The summed E-state index contributed by atoms with van der Waals surface area (Å²) in [6, 6.07) is 0.731. The molecule has 2 aromatic rings. The monoisotopic (exact) mass is 405 g/mol. The topological polar surface area (TPSA) is 98.1 Å². The highest BCUT2D eigenvalue weighted by atomic mass is 19.1. The van der Waals surface area contributed by atoms with Crippen LogP contribution in [0.4, 0.5) is 14.5 Å². The number of hydrogen-bond acceptors (Lipinski definition) is 5. The fourth-order valence-electron chi connectivity index (χ4n) is 3.71. The number of ether oxygens (including phenoxy) is 1. The quantitative estimate of drug-likeness (QED) is 0.814. The summed E-state index contributed by atoms with van der Waals surface area (Å²) >= 11 is 0. The third-order valence-corrected chi connectivity index (χ3v) is 5.10. The van der Waals surface area contributed by atoms with Gasteiger partial charge in [-0.3, -0.25) is 9.59 Å². The highest BCUT2D eigenvalue weighted by Crippen LogP contribution is 2.31. The zero-order valence-electron chi connectivity index (χ0n) is 15.9. The van der Waals surface area contributed by atoms with Gasteiger partial charge in [0, 0.05) is 18.6 Å². The first-order chi connectivity index (χ1) is 14.0. The van der Waals surface area contributed by atoms with E-state index in [1.807, 2.05) is 0 Å². The van der Waals surface area contributed by atoms with E-state index in [-0.39, 0.29) is 29.9 Å². The molecule has 10 heteroatoms. The van der Waals surface area contributed by atoms with Gasteiger partial charge < -0.3 is 15.4 Å². The highest BCUT2D eigenvalue weighted by molar-refractivity contribution is 6.01. The minimum atomic E-state index is -1.11. The molecule has 2 aliphatic heterocycles. The Morgan fingerprint density at radius 2 is 2.24 bits per heavy atom. The van der Waals surface area contributed by atoms with E-state index in [0.717, 1.165) is 44.0 Å². The van der Waals surface area contributed by atoms with E-state index in [2.05, 4.69) is 27.6 Å². The molecule has 1 aromatic heterocycles. The van der Waals surface area contributed by atoms with Crippen molar-refractivity contribution >= 4 is 17.5 Å². The number of carbonyl (C=O) groups excluding carboxylic acids is 2. The number of nitrogens with one attached hydrogen (secondary N) is 2. The van der Waals surface area contributed by atoms with Gasteiger partial charge in [-0.15, -0.1) is 5.10 Å². The fourth-order valence-corrected chi connectivity index (χ4v) is 3.71. The van der Waals surface area contributed by atoms with E-state index >= 15 is 0 Å². The average Bonchev–Trinajstić information content (AvgIpc) is 3.06. The van der Waals surface area contributed by atoms with Crippen LogP contribution in [0.3, 0.4) is 0 Å². The summed E-state index contributed by atoms with van der Waals surface area (Å²) in [4.78, 5) is 29.3. The number of rotatable bonds is 4. The van der Waals surface area contributed by atoms with Crippen LogP contribution in [0, 0.1) is 11.6 Å². The third-order valence-electron chi connectivity index (χ3n) is 5.10. The SMILES string of the molecule is CCC[C@@H]1CCCc2nc(C(=O)N[C@H]3COc4cc(F)cc(F)c4NC3=O)nn21. The van der Waals surface area contributed by atoms with E-state index in [0.29, 0.717) is 6.07 Å². The van der Waals surface area contributed by atoms with Crippen LogP contribution in [-0.4, -0.2) is 39.2 Å². The maximum atomic E-state index is 13.9. The van der Waals surface area contributed by atoms with Crippen molar-refractivity contribution in [3.05, 3.63) is 35.4 Å². The Balaban J connectivity index is 1.49. The number of fused-ring (bicyclic) bond motifs is 2. The fraction of sp³-hybridized carbons (Fsp3) is 0.474. The van der Waals surface area contributed by atoms with Gasteiger partial charge in [-0.2, -0.15) is 0 Å². The number of nitrogens with zero attached hydrogens (tertiary/aromatic N) is 3. The lowest BCUT2D eigenvalue weighted by atomic mass is 10.0. The van der Waals surface area contributed by atoms with Crippen LogP contribution < -0.4 is 15.4 Å². The molecule has 0 bridgehead atoms. The summed E-state index contributed by atoms with van der Waals surface area (Å²) in [7, 11) is 0. The molecule has 0 aliphatic carbocycles. The van der Waals surface area contributed by atoms with Gasteiger partial charge in [-0.05, 0) is 19.3 Å². The van der Waals surface area contributed by atoms with Crippen molar-refractivity contribution in [1.82, 2.24) is 20.1 Å².